The van der Waals surface area contributed by atoms with E-state index in [1.54, 1.807) is 0 Å². The lowest BCUT2D eigenvalue weighted by atomic mass is 9.85. The highest BCUT2D eigenvalue weighted by Gasteiger charge is 2.43. The van der Waals surface area contributed by atoms with Crippen LogP contribution in [-0.4, -0.2) is 23.7 Å². The molecule has 4 heteroatoms. The maximum Gasteiger partial charge on any atom is 0.181 e. The van der Waals surface area contributed by atoms with Gasteiger partial charge in [0.05, 0.1) is 0 Å². The molecule has 0 spiro atoms. The topological polar surface area (TPSA) is 86.2 Å². The Morgan fingerprint density at radius 3 is 1.38 bits per heavy atom. The molecule has 0 aliphatic heterocycles. The van der Waals surface area contributed by atoms with E-state index in [2.05, 4.69) is 0 Å². The molecule has 1 aliphatic rings. The molecule has 1 fully saturated rings. The third-order valence-corrected chi connectivity index (χ3v) is 1.23. The van der Waals surface area contributed by atoms with Crippen molar-refractivity contribution in [2.45, 2.75) is 12.1 Å². The minimum absolute atomic E-state index is 0.352. The molecule has 0 heterocycles. The van der Waals surface area contributed by atoms with Crippen molar-refractivity contribution in [3.63, 3.8) is 0 Å². The van der Waals surface area contributed by atoms with Crippen molar-refractivity contribution >= 4 is 11.6 Å². The Balaban J connectivity index is 2.68. The minimum atomic E-state index is -0.926. The molecular formula is C4H6N2O2. The Morgan fingerprint density at radius 1 is 1.00 bits per heavy atom. The van der Waals surface area contributed by atoms with E-state index in [4.69, 9.17) is 11.5 Å². The number of hydrogen-bond acceptors (Lipinski definition) is 4. The summed E-state index contributed by atoms with van der Waals surface area (Å²) in [5.74, 6) is -0.704. The number of Topliss-reactive ketones (excluding diaryl/α,β-unsaturated/α-hetero) is 2. The molecule has 0 saturated heterocycles. The molecule has 4 N–H and O–H groups in total. The third-order valence-electron chi connectivity index (χ3n) is 1.23. The van der Waals surface area contributed by atoms with Crippen molar-refractivity contribution in [3.05, 3.63) is 0 Å². The summed E-state index contributed by atoms with van der Waals surface area (Å²) in [6.07, 6.45) is 0. The molecule has 1 rings (SSSR count). The van der Waals surface area contributed by atoms with E-state index in [1.165, 1.54) is 0 Å². The SMILES string of the molecule is NC1C(=O)C(N)C1=O. The van der Waals surface area contributed by atoms with Gasteiger partial charge < -0.3 is 11.5 Å². The summed E-state index contributed by atoms with van der Waals surface area (Å²) >= 11 is 0. The molecule has 0 atom stereocenters. The first kappa shape index (κ1) is 5.40. The van der Waals surface area contributed by atoms with Crippen LogP contribution in [0.5, 0.6) is 0 Å². The first-order valence-electron chi connectivity index (χ1n) is 2.23. The number of carbonyl (C=O) groups excluding carboxylic acids is 2. The van der Waals surface area contributed by atoms with Crippen LogP contribution in [-0.2, 0) is 9.59 Å². The highest BCUT2D eigenvalue weighted by Crippen LogP contribution is 2.04. The van der Waals surface area contributed by atoms with Crippen LogP contribution < -0.4 is 11.5 Å². The zero-order valence-electron chi connectivity index (χ0n) is 4.13. The van der Waals surface area contributed by atoms with Crippen LogP contribution in [0.3, 0.4) is 0 Å². The van der Waals surface area contributed by atoms with Gasteiger partial charge in [0, 0.05) is 0 Å². The Hall–Kier alpha value is -0.740. The summed E-state index contributed by atoms with van der Waals surface area (Å²) in [6, 6.07) is -1.85. The van der Waals surface area contributed by atoms with E-state index in [9.17, 15) is 9.59 Å². The minimum Gasteiger partial charge on any atom is -0.315 e. The maximum absolute atomic E-state index is 10.3. The highest BCUT2D eigenvalue weighted by molar-refractivity contribution is 6.30. The summed E-state index contributed by atoms with van der Waals surface area (Å²) in [6.45, 7) is 0. The molecule has 0 aromatic heterocycles. The van der Waals surface area contributed by atoms with Gasteiger partial charge in [-0.25, -0.2) is 0 Å². The van der Waals surface area contributed by atoms with Gasteiger partial charge in [-0.3, -0.25) is 9.59 Å². The Labute approximate surface area is 45.8 Å². The summed E-state index contributed by atoms with van der Waals surface area (Å²) in [4.78, 5) is 20.6. The molecule has 44 valence electrons. The average Bonchev–Trinajstić information content (AvgIpc) is 1.83. The number of hydrogen-bond donors (Lipinski definition) is 2. The summed E-state index contributed by atoms with van der Waals surface area (Å²) in [5.41, 5.74) is 9.95. The summed E-state index contributed by atoms with van der Waals surface area (Å²) in [5, 5.41) is 0. The van der Waals surface area contributed by atoms with Crippen LogP contribution in [0.25, 0.3) is 0 Å². The van der Waals surface area contributed by atoms with Crippen molar-refractivity contribution in [1.29, 1.82) is 0 Å². The van der Waals surface area contributed by atoms with Gasteiger partial charge in [0.15, 0.2) is 11.6 Å². The monoisotopic (exact) mass is 114 g/mol. The van der Waals surface area contributed by atoms with Crippen molar-refractivity contribution in [1.82, 2.24) is 0 Å². The molecule has 1 saturated carbocycles. The second-order valence-corrected chi connectivity index (χ2v) is 1.76. The summed E-state index contributed by atoms with van der Waals surface area (Å²) in [7, 11) is 0. The molecule has 0 amide bonds. The van der Waals surface area contributed by atoms with Gasteiger partial charge in [-0.05, 0) is 0 Å². The van der Waals surface area contributed by atoms with E-state index < -0.39 is 12.1 Å². The van der Waals surface area contributed by atoms with E-state index in [0.29, 0.717) is 0 Å². The van der Waals surface area contributed by atoms with Crippen molar-refractivity contribution in [3.8, 4) is 0 Å². The molecule has 0 bridgehead atoms. The van der Waals surface area contributed by atoms with E-state index in [0.717, 1.165) is 0 Å². The highest BCUT2D eigenvalue weighted by atomic mass is 16.2. The third kappa shape index (κ3) is 0.410. The zero-order valence-corrected chi connectivity index (χ0v) is 4.13. The van der Waals surface area contributed by atoms with Gasteiger partial charge in [-0.1, -0.05) is 0 Å². The number of nitrogens with two attached hydrogens (primary N) is 2. The predicted molar refractivity (Wildman–Crippen MR) is 26.0 cm³/mol. The van der Waals surface area contributed by atoms with Crippen molar-refractivity contribution in [2.75, 3.05) is 0 Å². The molecule has 0 unspecified atom stereocenters. The normalized spacial score (nSPS) is 37.2. The Bertz CT molecular complexity index is 124. The van der Waals surface area contributed by atoms with Crippen LogP contribution >= 0.6 is 0 Å². The second-order valence-electron chi connectivity index (χ2n) is 1.76. The molecule has 0 aromatic carbocycles. The van der Waals surface area contributed by atoms with Crippen LogP contribution in [0.15, 0.2) is 0 Å². The van der Waals surface area contributed by atoms with Crippen molar-refractivity contribution in [2.24, 2.45) is 11.5 Å². The zero-order chi connectivity index (χ0) is 6.31. The van der Waals surface area contributed by atoms with Crippen LogP contribution in [0.1, 0.15) is 0 Å². The lowest BCUT2D eigenvalue weighted by Crippen LogP contribution is -2.65. The largest absolute Gasteiger partial charge is 0.315 e. The second kappa shape index (κ2) is 1.37. The van der Waals surface area contributed by atoms with Gasteiger partial charge in [0.1, 0.15) is 12.1 Å². The van der Waals surface area contributed by atoms with Gasteiger partial charge in [-0.15, -0.1) is 0 Å². The fraction of sp³-hybridized carbons (Fsp3) is 0.500. The van der Waals surface area contributed by atoms with Gasteiger partial charge >= 0.3 is 0 Å². The average molecular weight is 114 g/mol. The van der Waals surface area contributed by atoms with Gasteiger partial charge in [0.2, 0.25) is 0 Å². The van der Waals surface area contributed by atoms with E-state index in [-0.39, 0.29) is 11.6 Å². The Morgan fingerprint density at radius 2 is 1.25 bits per heavy atom. The van der Waals surface area contributed by atoms with Crippen LogP contribution in [0.4, 0.5) is 0 Å². The number of rotatable bonds is 0. The van der Waals surface area contributed by atoms with Gasteiger partial charge in [-0.2, -0.15) is 0 Å². The van der Waals surface area contributed by atoms with Crippen molar-refractivity contribution < 1.29 is 9.59 Å². The van der Waals surface area contributed by atoms with Crippen LogP contribution in [0, 0.1) is 0 Å². The molecular weight excluding hydrogens is 108 g/mol. The smallest absolute Gasteiger partial charge is 0.181 e. The Kier molecular flexibility index (Phi) is 0.922. The fourth-order valence-corrected chi connectivity index (χ4v) is 0.571. The quantitative estimate of drug-likeness (QED) is 0.350. The lowest BCUT2D eigenvalue weighted by molar-refractivity contribution is -0.141. The number of carbonyl (C=O) groups is 2. The maximum atomic E-state index is 10.3. The lowest BCUT2D eigenvalue weighted by Gasteiger charge is -2.24. The number of ketones is 2. The first-order chi connectivity index (χ1) is 3.64. The fourth-order valence-electron chi connectivity index (χ4n) is 0.571. The molecule has 0 radical (unpaired) electrons. The standard InChI is InChI=1S/C4H6N2O2/c5-1-3(7)2(6)4(1)8/h1-2H,5-6H2. The molecule has 4 nitrogen and oxygen atoms in total. The molecule has 1 aliphatic carbocycles. The molecule has 0 aromatic rings. The summed E-state index contributed by atoms with van der Waals surface area (Å²) < 4.78 is 0. The van der Waals surface area contributed by atoms with Crippen LogP contribution in [0.2, 0.25) is 0 Å². The molecule has 8 heavy (non-hydrogen) atoms. The first-order valence-corrected chi connectivity index (χ1v) is 2.23. The van der Waals surface area contributed by atoms with E-state index in [1.807, 2.05) is 0 Å². The van der Waals surface area contributed by atoms with E-state index >= 15 is 0 Å². The van der Waals surface area contributed by atoms with Gasteiger partial charge in [0.25, 0.3) is 0 Å². The predicted octanol–water partition coefficient (Wildman–Crippen LogP) is -2.21.